The minimum Gasteiger partial charge on any atom is -0.487 e. The number of hydrogen-bond donors (Lipinski definition) is 1. The van der Waals surface area contributed by atoms with Gasteiger partial charge < -0.3 is 9.84 Å². The highest BCUT2D eigenvalue weighted by Crippen LogP contribution is 2.20. The van der Waals surface area contributed by atoms with E-state index >= 15 is 0 Å². The molecule has 0 saturated heterocycles. The highest BCUT2D eigenvalue weighted by atomic mass is 19.1. The van der Waals surface area contributed by atoms with E-state index in [0.717, 1.165) is 23.8 Å². The Kier molecular flexibility index (Phi) is 4.12. The Hall–Kier alpha value is -1.94. The molecule has 0 aromatic heterocycles. The molecule has 4 heteroatoms. The first kappa shape index (κ1) is 13.5. The van der Waals surface area contributed by atoms with Crippen molar-refractivity contribution in [1.29, 1.82) is 0 Å². The van der Waals surface area contributed by atoms with E-state index in [-0.39, 0.29) is 12.4 Å². The lowest BCUT2D eigenvalue weighted by molar-refractivity contribution is 0.105. The van der Waals surface area contributed by atoms with Gasteiger partial charge in [-0.2, -0.15) is 0 Å². The van der Waals surface area contributed by atoms with E-state index in [1.165, 1.54) is 0 Å². The number of ether oxygens (including phenoxy) is 1. The Morgan fingerprint density at radius 1 is 1.11 bits per heavy atom. The zero-order chi connectivity index (χ0) is 13.8. The van der Waals surface area contributed by atoms with Gasteiger partial charge in [0.25, 0.3) is 0 Å². The second-order valence-electron chi connectivity index (χ2n) is 4.31. The van der Waals surface area contributed by atoms with Gasteiger partial charge in [-0.15, -0.1) is 0 Å². The predicted octanol–water partition coefficient (Wildman–Crippen LogP) is 3.39. The van der Waals surface area contributed by atoms with Gasteiger partial charge in [0.1, 0.15) is 18.5 Å². The van der Waals surface area contributed by atoms with Crippen LogP contribution in [-0.2, 0) is 0 Å². The van der Waals surface area contributed by atoms with Crippen LogP contribution in [0.2, 0.25) is 0 Å². The number of rotatable bonds is 4. The Morgan fingerprint density at radius 2 is 1.79 bits per heavy atom. The van der Waals surface area contributed by atoms with E-state index in [1.54, 1.807) is 12.1 Å². The molecule has 2 nitrogen and oxygen atoms in total. The molecule has 2 aromatic rings. The first-order valence-electron chi connectivity index (χ1n) is 5.89. The standard InChI is InChI=1S/C15H14F2O2/c1-10-2-4-11(5-3-10)14(18)9-19-15-8-12(16)6-7-13(15)17/h2-8,14,18H,9H2,1H3. The summed E-state index contributed by atoms with van der Waals surface area (Å²) in [4.78, 5) is 0. The maximum Gasteiger partial charge on any atom is 0.165 e. The molecule has 0 bridgehead atoms. The van der Waals surface area contributed by atoms with Crippen LogP contribution in [-0.4, -0.2) is 11.7 Å². The van der Waals surface area contributed by atoms with Gasteiger partial charge in [0.2, 0.25) is 0 Å². The van der Waals surface area contributed by atoms with Crippen LogP contribution in [0, 0.1) is 18.6 Å². The molecule has 0 aliphatic rings. The van der Waals surface area contributed by atoms with Gasteiger partial charge in [0, 0.05) is 6.07 Å². The Morgan fingerprint density at radius 3 is 2.47 bits per heavy atom. The third-order valence-electron chi connectivity index (χ3n) is 2.75. The summed E-state index contributed by atoms with van der Waals surface area (Å²) in [5.74, 6) is -1.44. The fourth-order valence-corrected chi connectivity index (χ4v) is 1.64. The van der Waals surface area contributed by atoms with Crippen molar-refractivity contribution in [2.75, 3.05) is 6.61 Å². The summed E-state index contributed by atoms with van der Waals surface area (Å²) in [7, 11) is 0. The maximum atomic E-state index is 13.3. The quantitative estimate of drug-likeness (QED) is 0.917. The Bertz CT molecular complexity index is 553. The molecular formula is C15H14F2O2. The predicted molar refractivity (Wildman–Crippen MR) is 68.0 cm³/mol. The second kappa shape index (κ2) is 5.80. The van der Waals surface area contributed by atoms with Crippen LogP contribution in [0.4, 0.5) is 8.78 Å². The molecule has 0 saturated carbocycles. The number of hydrogen-bond acceptors (Lipinski definition) is 2. The average Bonchev–Trinajstić information content (AvgIpc) is 2.40. The minimum atomic E-state index is -0.886. The summed E-state index contributed by atoms with van der Waals surface area (Å²) in [6.45, 7) is 1.80. The highest BCUT2D eigenvalue weighted by molar-refractivity contribution is 5.26. The number of aliphatic hydroxyl groups excluding tert-OH is 1. The molecule has 0 amide bonds. The lowest BCUT2D eigenvalue weighted by Gasteiger charge is -2.13. The number of aryl methyl sites for hydroxylation is 1. The molecule has 0 fully saturated rings. The molecule has 1 unspecified atom stereocenters. The fourth-order valence-electron chi connectivity index (χ4n) is 1.64. The number of benzene rings is 2. The van der Waals surface area contributed by atoms with E-state index in [9.17, 15) is 13.9 Å². The van der Waals surface area contributed by atoms with E-state index in [2.05, 4.69) is 0 Å². The molecule has 1 atom stereocenters. The SMILES string of the molecule is Cc1ccc(C(O)COc2cc(F)ccc2F)cc1. The third kappa shape index (κ3) is 3.51. The summed E-state index contributed by atoms with van der Waals surface area (Å²) in [6.07, 6.45) is -0.886. The van der Waals surface area contributed by atoms with E-state index < -0.39 is 17.7 Å². The third-order valence-corrected chi connectivity index (χ3v) is 2.75. The fraction of sp³-hybridized carbons (Fsp3) is 0.200. The molecule has 100 valence electrons. The average molecular weight is 264 g/mol. The van der Waals surface area contributed by atoms with Crippen LogP contribution in [0.1, 0.15) is 17.2 Å². The van der Waals surface area contributed by atoms with Crippen molar-refractivity contribution in [2.45, 2.75) is 13.0 Å². The van der Waals surface area contributed by atoms with Crippen molar-refractivity contribution in [2.24, 2.45) is 0 Å². The topological polar surface area (TPSA) is 29.5 Å². The van der Waals surface area contributed by atoms with Gasteiger partial charge in [0.15, 0.2) is 11.6 Å². The zero-order valence-electron chi connectivity index (χ0n) is 10.4. The Labute approximate surface area is 110 Å². The van der Waals surface area contributed by atoms with E-state index in [4.69, 9.17) is 4.74 Å². The van der Waals surface area contributed by atoms with Crippen molar-refractivity contribution in [3.05, 3.63) is 65.2 Å². The van der Waals surface area contributed by atoms with Crippen LogP contribution in [0.5, 0.6) is 5.75 Å². The molecule has 0 radical (unpaired) electrons. The molecule has 0 spiro atoms. The summed E-state index contributed by atoms with van der Waals surface area (Å²) < 4.78 is 31.3. The lowest BCUT2D eigenvalue weighted by atomic mass is 10.1. The first-order valence-corrected chi connectivity index (χ1v) is 5.89. The van der Waals surface area contributed by atoms with Gasteiger partial charge in [-0.05, 0) is 24.6 Å². The lowest BCUT2D eigenvalue weighted by Crippen LogP contribution is -2.10. The molecule has 2 aromatic carbocycles. The van der Waals surface area contributed by atoms with Gasteiger partial charge in [-0.1, -0.05) is 29.8 Å². The smallest absolute Gasteiger partial charge is 0.165 e. The minimum absolute atomic E-state index is 0.135. The Balaban J connectivity index is 2.02. The van der Waals surface area contributed by atoms with Crippen LogP contribution in [0.3, 0.4) is 0 Å². The van der Waals surface area contributed by atoms with Crippen LogP contribution >= 0.6 is 0 Å². The summed E-state index contributed by atoms with van der Waals surface area (Å²) in [6, 6.07) is 10.2. The normalized spacial score (nSPS) is 12.2. The van der Waals surface area contributed by atoms with Crippen LogP contribution in [0.15, 0.2) is 42.5 Å². The second-order valence-corrected chi connectivity index (χ2v) is 4.31. The van der Waals surface area contributed by atoms with Crippen molar-refractivity contribution < 1.29 is 18.6 Å². The summed E-state index contributed by atoms with van der Waals surface area (Å²) in [5.41, 5.74) is 1.75. The molecular weight excluding hydrogens is 250 g/mol. The molecule has 0 aliphatic heterocycles. The molecule has 0 aliphatic carbocycles. The summed E-state index contributed by atoms with van der Waals surface area (Å²) >= 11 is 0. The maximum absolute atomic E-state index is 13.3. The van der Waals surface area contributed by atoms with Gasteiger partial charge in [-0.3, -0.25) is 0 Å². The van der Waals surface area contributed by atoms with Crippen molar-refractivity contribution in [3.8, 4) is 5.75 Å². The van der Waals surface area contributed by atoms with Crippen molar-refractivity contribution in [3.63, 3.8) is 0 Å². The van der Waals surface area contributed by atoms with E-state index in [0.29, 0.717) is 5.56 Å². The van der Waals surface area contributed by atoms with Crippen molar-refractivity contribution in [1.82, 2.24) is 0 Å². The molecule has 0 heterocycles. The van der Waals surface area contributed by atoms with Crippen LogP contribution in [0.25, 0.3) is 0 Å². The molecule has 1 N–H and O–H groups in total. The van der Waals surface area contributed by atoms with Gasteiger partial charge in [0.05, 0.1) is 0 Å². The molecule has 19 heavy (non-hydrogen) atoms. The van der Waals surface area contributed by atoms with Gasteiger partial charge in [-0.25, -0.2) is 8.78 Å². The van der Waals surface area contributed by atoms with Gasteiger partial charge >= 0.3 is 0 Å². The van der Waals surface area contributed by atoms with E-state index in [1.807, 2.05) is 19.1 Å². The first-order chi connectivity index (χ1) is 9.06. The molecule has 2 rings (SSSR count). The van der Waals surface area contributed by atoms with Crippen molar-refractivity contribution >= 4 is 0 Å². The zero-order valence-corrected chi connectivity index (χ0v) is 10.4. The highest BCUT2D eigenvalue weighted by Gasteiger charge is 2.11. The summed E-state index contributed by atoms with van der Waals surface area (Å²) in [5, 5.41) is 9.89. The monoisotopic (exact) mass is 264 g/mol. The largest absolute Gasteiger partial charge is 0.487 e. The van der Waals surface area contributed by atoms with Crippen LogP contribution < -0.4 is 4.74 Å². The number of halogens is 2. The number of aliphatic hydroxyl groups is 1.